The van der Waals surface area contributed by atoms with Gasteiger partial charge in [0, 0.05) is 12.6 Å². The molecule has 122 valence electrons. The quantitative estimate of drug-likeness (QED) is 0.856. The molecule has 0 atom stereocenters. The number of ether oxygens (including phenoxy) is 1. The van der Waals surface area contributed by atoms with Gasteiger partial charge in [-0.25, -0.2) is 9.67 Å². The topological polar surface area (TPSA) is 69.0 Å². The Morgan fingerprint density at radius 1 is 1.26 bits per heavy atom. The van der Waals surface area contributed by atoms with Gasteiger partial charge in [-0.1, -0.05) is 12.1 Å². The average Bonchev–Trinajstić information content (AvgIpc) is 3.15. The molecule has 1 aromatic heterocycles. The molecule has 1 N–H and O–H groups in total. The van der Waals surface area contributed by atoms with Crippen LogP contribution in [0.25, 0.3) is 5.69 Å². The third-order valence-electron chi connectivity index (χ3n) is 4.48. The summed E-state index contributed by atoms with van der Waals surface area (Å²) in [5.41, 5.74) is 2.24. The Bertz CT molecular complexity index is 617. The van der Waals surface area contributed by atoms with E-state index in [9.17, 15) is 4.79 Å². The predicted octanol–water partition coefficient (Wildman–Crippen LogP) is 2.09. The number of hydrogen-bond acceptors (Lipinski definition) is 5. The molecule has 1 heterocycles. The van der Waals surface area contributed by atoms with Crippen LogP contribution < -0.4 is 5.32 Å². The summed E-state index contributed by atoms with van der Waals surface area (Å²) in [6.45, 7) is 0.838. The minimum atomic E-state index is -0.0628. The van der Waals surface area contributed by atoms with Gasteiger partial charge in [-0.15, -0.1) is 0 Å². The number of benzene rings is 1. The second kappa shape index (κ2) is 7.37. The van der Waals surface area contributed by atoms with Crippen molar-refractivity contribution in [2.45, 2.75) is 38.3 Å². The Balaban J connectivity index is 1.47. The minimum absolute atomic E-state index is 0.0628. The molecule has 0 unspecified atom stereocenters. The van der Waals surface area contributed by atoms with Crippen molar-refractivity contribution in [2.75, 3.05) is 7.11 Å². The van der Waals surface area contributed by atoms with Crippen molar-refractivity contribution in [2.24, 2.45) is 5.92 Å². The lowest BCUT2D eigenvalue weighted by Crippen LogP contribution is -2.34. The van der Waals surface area contributed by atoms with Crippen LogP contribution in [0.4, 0.5) is 0 Å². The second-order valence-corrected chi connectivity index (χ2v) is 5.96. The fraction of sp³-hybridized carbons (Fsp3) is 0.471. The van der Waals surface area contributed by atoms with E-state index in [1.807, 2.05) is 12.1 Å². The standard InChI is InChI=1S/C17H22N4O2/c1-23-17(22)14-4-6-15(7-5-14)19-10-13-2-8-16(9-3-13)21-12-18-11-20-21/h2-3,8-9,11-12,14-15,19H,4-7,10H2,1H3. The Morgan fingerprint density at radius 2 is 2.00 bits per heavy atom. The molecule has 0 spiro atoms. The van der Waals surface area contributed by atoms with Crippen LogP contribution in [0.3, 0.4) is 0 Å². The van der Waals surface area contributed by atoms with E-state index in [1.165, 1.54) is 19.0 Å². The molecule has 1 aliphatic rings. The van der Waals surface area contributed by atoms with Crippen molar-refractivity contribution >= 4 is 5.97 Å². The van der Waals surface area contributed by atoms with Crippen LogP contribution in [-0.2, 0) is 16.1 Å². The number of aromatic nitrogens is 3. The molecular formula is C17H22N4O2. The minimum Gasteiger partial charge on any atom is -0.469 e. The van der Waals surface area contributed by atoms with E-state index in [1.54, 1.807) is 11.0 Å². The molecule has 0 aliphatic heterocycles. The van der Waals surface area contributed by atoms with Crippen LogP contribution in [0.15, 0.2) is 36.9 Å². The van der Waals surface area contributed by atoms with Gasteiger partial charge >= 0.3 is 5.97 Å². The molecule has 23 heavy (non-hydrogen) atoms. The van der Waals surface area contributed by atoms with Gasteiger partial charge < -0.3 is 10.1 Å². The summed E-state index contributed by atoms with van der Waals surface area (Å²) in [6, 6.07) is 8.76. The van der Waals surface area contributed by atoms with Crippen LogP contribution in [0.2, 0.25) is 0 Å². The highest BCUT2D eigenvalue weighted by Crippen LogP contribution is 2.25. The number of nitrogens with zero attached hydrogens (tertiary/aromatic N) is 3. The van der Waals surface area contributed by atoms with Crippen LogP contribution in [-0.4, -0.2) is 33.9 Å². The van der Waals surface area contributed by atoms with Crippen LogP contribution in [0.5, 0.6) is 0 Å². The van der Waals surface area contributed by atoms with Crippen molar-refractivity contribution in [3.63, 3.8) is 0 Å². The molecule has 0 saturated heterocycles. The lowest BCUT2D eigenvalue weighted by molar-refractivity contribution is -0.146. The molecule has 1 aliphatic carbocycles. The molecule has 0 radical (unpaired) electrons. The summed E-state index contributed by atoms with van der Waals surface area (Å²) in [5.74, 6) is 0.0205. The first-order valence-electron chi connectivity index (χ1n) is 8.01. The number of carbonyl (C=O) groups is 1. The maximum absolute atomic E-state index is 11.5. The van der Waals surface area contributed by atoms with Crippen LogP contribution >= 0.6 is 0 Å². The Kier molecular flexibility index (Phi) is 5.02. The third kappa shape index (κ3) is 3.96. The highest BCUT2D eigenvalue weighted by molar-refractivity contribution is 5.72. The zero-order chi connectivity index (χ0) is 16.1. The fourth-order valence-corrected chi connectivity index (χ4v) is 3.07. The first-order valence-corrected chi connectivity index (χ1v) is 8.01. The largest absolute Gasteiger partial charge is 0.469 e. The molecule has 6 heteroatoms. The summed E-state index contributed by atoms with van der Waals surface area (Å²) in [5, 5.41) is 7.70. The number of esters is 1. The molecule has 0 bridgehead atoms. The summed E-state index contributed by atoms with van der Waals surface area (Å²) in [7, 11) is 1.47. The first kappa shape index (κ1) is 15.7. The number of nitrogens with one attached hydrogen (secondary N) is 1. The van der Waals surface area contributed by atoms with Gasteiger partial charge in [0.1, 0.15) is 12.7 Å². The molecule has 6 nitrogen and oxygen atoms in total. The fourth-order valence-electron chi connectivity index (χ4n) is 3.07. The zero-order valence-corrected chi connectivity index (χ0v) is 13.3. The lowest BCUT2D eigenvalue weighted by Gasteiger charge is -2.27. The average molecular weight is 314 g/mol. The zero-order valence-electron chi connectivity index (χ0n) is 13.3. The number of carbonyl (C=O) groups excluding carboxylic acids is 1. The SMILES string of the molecule is COC(=O)C1CCC(NCc2ccc(-n3cncn3)cc2)CC1. The van der Waals surface area contributed by atoms with E-state index in [2.05, 4.69) is 27.5 Å². The highest BCUT2D eigenvalue weighted by Gasteiger charge is 2.26. The molecule has 1 fully saturated rings. The summed E-state index contributed by atoms with van der Waals surface area (Å²) in [6.07, 6.45) is 7.09. The summed E-state index contributed by atoms with van der Waals surface area (Å²) < 4.78 is 6.57. The second-order valence-electron chi connectivity index (χ2n) is 5.96. The first-order chi connectivity index (χ1) is 11.3. The Labute approximate surface area is 135 Å². The molecule has 1 aromatic carbocycles. The van der Waals surface area contributed by atoms with E-state index in [-0.39, 0.29) is 11.9 Å². The van der Waals surface area contributed by atoms with Gasteiger partial charge in [-0.2, -0.15) is 5.10 Å². The van der Waals surface area contributed by atoms with Gasteiger partial charge in [0.15, 0.2) is 0 Å². The third-order valence-corrected chi connectivity index (χ3v) is 4.48. The predicted molar refractivity (Wildman–Crippen MR) is 86.0 cm³/mol. The van der Waals surface area contributed by atoms with Gasteiger partial charge in [-0.05, 0) is 43.4 Å². The van der Waals surface area contributed by atoms with E-state index >= 15 is 0 Å². The summed E-state index contributed by atoms with van der Waals surface area (Å²) in [4.78, 5) is 15.5. The molecule has 0 amide bonds. The van der Waals surface area contributed by atoms with E-state index in [0.717, 1.165) is 37.9 Å². The van der Waals surface area contributed by atoms with E-state index < -0.39 is 0 Å². The number of hydrogen-bond donors (Lipinski definition) is 1. The van der Waals surface area contributed by atoms with Gasteiger partial charge in [0.05, 0.1) is 18.7 Å². The van der Waals surface area contributed by atoms with Crippen LogP contribution in [0.1, 0.15) is 31.2 Å². The smallest absolute Gasteiger partial charge is 0.308 e. The monoisotopic (exact) mass is 314 g/mol. The van der Waals surface area contributed by atoms with E-state index in [0.29, 0.717) is 6.04 Å². The molecular weight excluding hydrogens is 292 g/mol. The van der Waals surface area contributed by atoms with Gasteiger partial charge in [0.25, 0.3) is 0 Å². The number of methoxy groups -OCH3 is 1. The highest BCUT2D eigenvalue weighted by atomic mass is 16.5. The van der Waals surface area contributed by atoms with E-state index in [4.69, 9.17) is 4.74 Å². The molecule has 2 aromatic rings. The van der Waals surface area contributed by atoms with Gasteiger partial charge in [-0.3, -0.25) is 4.79 Å². The van der Waals surface area contributed by atoms with Crippen molar-refractivity contribution in [1.82, 2.24) is 20.1 Å². The normalized spacial score (nSPS) is 21.1. The maximum atomic E-state index is 11.5. The van der Waals surface area contributed by atoms with Crippen molar-refractivity contribution < 1.29 is 9.53 Å². The van der Waals surface area contributed by atoms with Crippen LogP contribution in [0, 0.1) is 5.92 Å². The maximum Gasteiger partial charge on any atom is 0.308 e. The lowest BCUT2D eigenvalue weighted by atomic mass is 9.86. The Morgan fingerprint density at radius 3 is 2.61 bits per heavy atom. The summed E-state index contributed by atoms with van der Waals surface area (Å²) >= 11 is 0. The van der Waals surface area contributed by atoms with Gasteiger partial charge in [0.2, 0.25) is 0 Å². The van der Waals surface area contributed by atoms with Crippen molar-refractivity contribution in [3.8, 4) is 5.69 Å². The number of rotatable bonds is 5. The Hall–Kier alpha value is -2.21. The molecule has 1 saturated carbocycles. The van der Waals surface area contributed by atoms with Crippen molar-refractivity contribution in [1.29, 1.82) is 0 Å². The van der Waals surface area contributed by atoms with Crippen molar-refractivity contribution in [3.05, 3.63) is 42.5 Å². The molecule has 3 rings (SSSR count).